The molecule has 1 fully saturated rings. The van der Waals surface area contributed by atoms with E-state index in [2.05, 4.69) is 13.2 Å². The molecule has 0 saturated carbocycles. The van der Waals surface area contributed by atoms with Gasteiger partial charge in [0.2, 0.25) is 0 Å². The summed E-state index contributed by atoms with van der Waals surface area (Å²) in [4.78, 5) is 24.7. The smallest absolute Gasteiger partial charge is 0.338 e. The highest BCUT2D eigenvalue weighted by Crippen LogP contribution is 2.30. The minimum absolute atomic E-state index is 0.213. The molecule has 26 heavy (non-hydrogen) atoms. The Kier molecular flexibility index (Phi) is 5.17. The Labute approximate surface area is 151 Å². The molecule has 0 aromatic heterocycles. The minimum atomic E-state index is -0.918. The first-order chi connectivity index (χ1) is 12.6. The normalized spacial score (nSPS) is 21.5. The number of rotatable bonds is 5. The maximum absolute atomic E-state index is 12.4. The van der Waals surface area contributed by atoms with Gasteiger partial charge in [0, 0.05) is 0 Å². The van der Waals surface area contributed by atoms with Gasteiger partial charge in [0.15, 0.2) is 18.3 Å². The second-order valence-corrected chi connectivity index (χ2v) is 5.71. The molecular formula is C21H18O5. The van der Waals surface area contributed by atoms with Crippen LogP contribution < -0.4 is 0 Å². The van der Waals surface area contributed by atoms with Gasteiger partial charge in [-0.1, -0.05) is 49.6 Å². The molecule has 0 radical (unpaired) electrons. The Balaban J connectivity index is 1.78. The molecule has 3 rings (SSSR count). The van der Waals surface area contributed by atoms with Crippen LogP contribution in [0, 0.1) is 0 Å². The van der Waals surface area contributed by atoms with Gasteiger partial charge in [-0.2, -0.15) is 0 Å². The summed E-state index contributed by atoms with van der Waals surface area (Å²) < 4.78 is 16.6. The van der Waals surface area contributed by atoms with E-state index in [9.17, 15) is 9.59 Å². The maximum Gasteiger partial charge on any atom is 0.338 e. The lowest BCUT2D eigenvalue weighted by Crippen LogP contribution is -2.37. The van der Waals surface area contributed by atoms with Crippen molar-refractivity contribution in [2.24, 2.45) is 0 Å². The van der Waals surface area contributed by atoms with E-state index in [0.29, 0.717) is 11.1 Å². The molecule has 1 saturated heterocycles. The fourth-order valence-corrected chi connectivity index (χ4v) is 2.63. The van der Waals surface area contributed by atoms with Crippen LogP contribution in [0.1, 0.15) is 20.7 Å². The van der Waals surface area contributed by atoms with E-state index in [1.165, 1.54) is 6.08 Å². The van der Waals surface area contributed by atoms with Crippen LogP contribution in [-0.4, -0.2) is 30.3 Å². The van der Waals surface area contributed by atoms with E-state index >= 15 is 0 Å². The van der Waals surface area contributed by atoms with Crippen molar-refractivity contribution in [3.05, 3.63) is 96.8 Å². The molecule has 0 spiro atoms. The molecule has 0 bridgehead atoms. The van der Waals surface area contributed by atoms with Crippen LogP contribution >= 0.6 is 0 Å². The quantitative estimate of drug-likeness (QED) is 0.610. The summed E-state index contributed by atoms with van der Waals surface area (Å²) in [5.41, 5.74) is 0.774. The molecule has 5 heteroatoms. The fraction of sp³-hybridized carbons (Fsp3) is 0.143. The first kappa shape index (κ1) is 17.5. The summed E-state index contributed by atoms with van der Waals surface area (Å²) in [7, 11) is 0. The Morgan fingerprint density at radius 2 is 1.38 bits per heavy atom. The molecule has 2 aromatic carbocycles. The standard InChI is InChI=1S/C21H18O5/c1-3-17-19(26-21(23)16-12-8-5-9-13-16)18(14(2)24-17)25-20(22)15-10-6-4-7-11-15/h3-13,17-19H,1-2H2/t17-,18+,19+/m0/s1. The molecule has 5 nitrogen and oxygen atoms in total. The van der Waals surface area contributed by atoms with E-state index in [0.717, 1.165) is 0 Å². The summed E-state index contributed by atoms with van der Waals surface area (Å²) in [6.07, 6.45) is -0.938. The highest BCUT2D eigenvalue weighted by molar-refractivity contribution is 5.90. The Morgan fingerprint density at radius 1 is 0.885 bits per heavy atom. The van der Waals surface area contributed by atoms with Crippen LogP contribution in [-0.2, 0) is 14.2 Å². The molecule has 1 heterocycles. The van der Waals surface area contributed by atoms with Crippen molar-refractivity contribution in [1.29, 1.82) is 0 Å². The molecule has 1 aliphatic rings. The molecule has 0 N–H and O–H groups in total. The van der Waals surface area contributed by atoms with Crippen LogP contribution in [0.2, 0.25) is 0 Å². The van der Waals surface area contributed by atoms with Gasteiger partial charge < -0.3 is 14.2 Å². The Bertz CT molecular complexity index is 813. The van der Waals surface area contributed by atoms with Gasteiger partial charge in [-0.05, 0) is 30.3 Å². The highest BCUT2D eigenvalue weighted by Gasteiger charge is 2.45. The van der Waals surface area contributed by atoms with E-state index in [1.807, 2.05) is 0 Å². The number of hydrogen-bond acceptors (Lipinski definition) is 5. The van der Waals surface area contributed by atoms with Gasteiger partial charge in [0.05, 0.1) is 11.1 Å². The van der Waals surface area contributed by atoms with E-state index in [1.54, 1.807) is 60.7 Å². The van der Waals surface area contributed by atoms with Gasteiger partial charge in [-0.15, -0.1) is 0 Å². The third kappa shape index (κ3) is 3.67. The zero-order valence-corrected chi connectivity index (χ0v) is 14.0. The second-order valence-electron chi connectivity index (χ2n) is 5.71. The van der Waals surface area contributed by atoms with Gasteiger partial charge >= 0.3 is 11.9 Å². The number of carbonyl (C=O) groups is 2. The monoisotopic (exact) mass is 350 g/mol. The number of ether oxygens (including phenoxy) is 3. The van der Waals surface area contributed by atoms with Crippen molar-refractivity contribution in [2.75, 3.05) is 0 Å². The van der Waals surface area contributed by atoms with Gasteiger partial charge in [0.1, 0.15) is 5.76 Å². The van der Waals surface area contributed by atoms with Crippen molar-refractivity contribution >= 4 is 11.9 Å². The number of esters is 2. The average molecular weight is 350 g/mol. The number of hydrogen-bond donors (Lipinski definition) is 0. The zero-order valence-electron chi connectivity index (χ0n) is 14.0. The molecular weight excluding hydrogens is 332 g/mol. The van der Waals surface area contributed by atoms with Crippen molar-refractivity contribution in [3.63, 3.8) is 0 Å². The predicted octanol–water partition coefficient (Wildman–Crippen LogP) is 3.54. The summed E-state index contributed by atoms with van der Waals surface area (Å²) >= 11 is 0. The first-order valence-electron chi connectivity index (χ1n) is 8.10. The fourth-order valence-electron chi connectivity index (χ4n) is 2.63. The van der Waals surface area contributed by atoms with Crippen molar-refractivity contribution in [2.45, 2.75) is 18.3 Å². The lowest BCUT2D eigenvalue weighted by molar-refractivity contribution is -0.0215. The average Bonchev–Trinajstić information content (AvgIpc) is 2.98. The van der Waals surface area contributed by atoms with Crippen LogP contribution in [0.25, 0.3) is 0 Å². The lowest BCUT2D eigenvalue weighted by atomic mass is 10.1. The minimum Gasteiger partial charge on any atom is -0.483 e. The van der Waals surface area contributed by atoms with E-state index in [-0.39, 0.29) is 5.76 Å². The Hall–Kier alpha value is -3.34. The molecule has 0 aliphatic carbocycles. The van der Waals surface area contributed by atoms with Gasteiger partial charge in [-0.3, -0.25) is 0 Å². The largest absolute Gasteiger partial charge is 0.483 e. The molecule has 0 unspecified atom stereocenters. The highest BCUT2D eigenvalue weighted by atomic mass is 16.6. The molecule has 1 aliphatic heterocycles. The molecule has 3 atom stereocenters. The van der Waals surface area contributed by atoms with Gasteiger partial charge in [-0.25, -0.2) is 9.59 Å². The van der Waals surface area contributed by atoms with Crippen molar-refractivity contribution < 1.29 is 23.8 Å². The zero-order chi connectivity index (χ0) is 18.5. The predicted molar refractivity (Wildman–Crippen MR) is 95.5 cm³/mol. The van der Waals surface area contributed by atoms with Crippen LogP contribution in [0.4, 0.5) is 0 Å². The van der Waals surface area contributed by atoms with Crippen molar-refractivity contribution in [3.8, 4) is 0 Å². The number of benzene rings is 2. The Morgan fingerprint density at radius 3 is 1.88 bits per heavy atom. The lowest BCUT2D eigenvalue weighted by Gasteiger charge is -2.20. The van der Waals surface area contributed by atoms with Gasteiger partial charge in [0.25, 0.3) is 0 Å². The molecule has 132 valence electrons. The first-order valence-corrected chi connectivity index (χ1v) is 8.10. The summed E-state index contributed by atoms with van der Waals surface area (Å²) in [6, 6.07) is 17.1. The molecule has 0 amide bonds. The van der Waals surface area contributed by atoms with E-state index in [4.69, 9.17) is 14.2 Å². The number of carbonyl (C=O) groups excluding carboxylic acids is 2. The summed E-state index contributed by atoms with van der Waals surface area (Å²) in [5.74, 6) is -0.877. The third-order valence-corrected chi connectivity index (χ3v) is 3.96. The summed E-state index contributed by atoms with van der Waals surface area (Å²) in [6.45, 7) is 7.45. The van der Waals surface area contributed by atoms with Crippen LogP contribution in [0.3, 0.4) is 0 Å². The van der Waals surface area contributed by atoms with Crippen molar-refractivity contribution in [1.82, 2.24) is 0 Å². The maximum atomic E-state index is 12.4. The van der Waals surface area contributed by atoms with E-state index < -0.39 is 30.3 Å². The summed E-state index contributed by atoms with van der Waals surface area (Å²) in [5, 5.41) is 0. The second kappa shape index (κ2) is 7.70. The van der Waals surface area contributed by atoms with Crippen LogP contribution in [0.15, 0.2) is 85.7 Å². The van der Waals surface area contributed by atoms with Crippen LogP contribution in [0.5, 0.6) is 0 Å². The third-order valence-electron chi connectivity index (χ3n) is 3.96. The SMILES string of the molecule is C=C[C@@H]1OC(=C)[C@@H](OC(=O)c2ccccc2)[C@@H]1OC(=O)c1ccccc1. The topological polar surface area (TPSA) is 61.8 Å². The molecule has 2 aromatic rings.